The van der Waals surface area contributed by atoms with Gasteiger partial charge in [-0.2, -0.15) is 0 Å². The number of fused-ring (bicyclic) bond motifs is 1. The largest absolute Gasteiger partial charge is 0.331 e. The summed E-state index contributed by atoms with van der Waals surface area (Å²) < 4.78 is 17.2. The number of aromatic nitrogens is 2. The quantitative estimate of drug-likeness (QED) is 0.473. The Bertz CT molecular complexity index is 837. The molecule has 5 heteroatoms. The van der Waals surface area contributed by atoms with Crippen molar-refractivity contribution in [2.45, 2.75) is 13.0 Å². The average molecular weight is 398 g/mol. The highest BCUT2D eigenvalue weighted by molar-refractivity contribution is 14.1. The van der Waals surface area contributed by atoms with E-state index in [4.69, 9.17) is 12.2 Å². The van der Waals surface area contributed by atoms with E-state index in [-0.39, 0.29) is 11.9 Å². The highest BCUT2D eigenvalue weighted by Gasteiger charge is 2.13. The van der Waals surface area contributed by atoms with Crippen LogP contribution in [0.3, 0.4) is 0 Å². The van der Waals surface area contributed by atoms with Crippen LogP contribution in [0.1, 0.15) is 18.5 Å². The van der Waals surface area contributed by atoms with E-state index in [1.54, 1.807) is 12.1 Å². The summed E-state index contributed by atoms with van der Waals surface area (Å²) in [7, 11) is 0. The summed E-state index contributed by atoms with van der Waals surface area (Å²) in [6, 6.07) is 12.8. The number of rotatable bonds is 2. The second kappa shape index (κ2) is 5.29. The third-order valence-electron chi connectivity index (χ3n) is 3.40. The van der Waals surface area contributed by atoms with Gasteiger partial charge >= 0.3 is 0 Å². The Labute approximate surface area is 134 Å². The van der Waals surface area contributed by atoms with Gasteiger partial charge in [-0.1, -0.05) is 12.1 Å². The van der Waals surface area contributed by atoms with Crippen molar-refractivity contribution in [2.75, 3.05) is 0 Å². The molecule has 1 atom stereocenters. The molecule has 0 spiro atoms. The standard InChI is InChI=1S/C15H12FIN2S/c1-9(10-3-2-4-11(16)7-10)19-14-6-5-12(17)8-13(14)18-15(19)20/h2-9H,1H3,(H,18,20). The van der Waals surface area contributed by atoms with Crippen molar-refractivity contribution < 1.29 is 4.39 Å². The van der Waals surface area contributed by atoms with Crippen LogP contribution in [0.5, 0.6) is 0 Å². The second-order valence-electron chi connectivity index (χ2n) is 4.69. The van der Waals surface area contributed by atoms with Gasteiger partial charge < -0.3 is 9.55 Å². The summed E-state index contributed by atoms with van der Waals surface area (Å²) in [5.74, 6) is -0.227. The fourth-order valence-electron chi connectivity index (χ4n) is 2.40. The summed E-state index contributed by atoms with van der Waals surface area (Å²) in [6.07, 6.45) is 0. The van der Waals surface area contributed by atoms with E-state index < -0.39 is 0 Å². The van der Waals surface area contributed by atoms with E-state index in [0.717, 1.165) is 20.2 Å². The lowest BCUT2D eigenvalue weighted by molar-refractivity contribution is 0.608. The average Bonchev–Trinajstić information content (AvgIpc) is 2.73. The molecule has 0 aliphatic heterocycles. The number of benzene rings is 2. The van der Waals surface area contributed by atoms with Gasteiger partial charge in [-0.15, -0.1) is 0 Å². The predicted octanol–water partition coefficient (Wildman–Crippen LogP) is 5.05. The minimum Gasteiger partial charge on any atom is -0.331 e. The first-order valence-corrected chi connectivity index (χ1v) is 7.70. The van der Waals surface area contributed by atoms with Crippen LogP contribution in [-0.4, -0.2) is 9.55 Å². The van der Waals surface area contributed by atoms with Gasteiger partial charge in [0.25, 0.3) is 0 Å². The van der Waals surface area contributed by atoms with Gasteiger partial charge in [-0.25, -0.2) is 4.39 Å². The Morgan fingerprint density at radius 3 is 2.80 bits per heavy atom. The van der Waals surface area contributed by atoms with Gasteiger partial charge in [0, 0.05) is 3.57 Å². The molecule has 0 aliphatic carbocycles. The van der Waals surface area contributed by atoms with Gasteiger partial charge in [0.1, 0.15) is 5.82 Å². The summed E-state index contributed by atoms with van der Waals surface area (Å²) in [5.41, 5.74) is 2.94. The first-order chi connectivity index (χ1) is 9.56. The van der Waals surface area contributed by atoms with Crippen molar-refractivity contribution in [1.82, 2.24) is 9.55 Å². The van der Waals surface area contributed by atoms with Crippen molar-refractivity contribution in [3.8, 4) is 0 Å². The van der Waals surface area contributed by atoms with Crippen molar-refractivity contribution in [1.29, 1.82) is 0 Å². The minimum absolute atomic E-state index is 0.0213. The van der Waals surface area contributed by atoms with Crippen molar-refractivity contribution in [2.24, 2.45) is 0 Å². The van der Waals surface area contributed by atoms with E-state index in [0.29, 0.717) is 4.77 Å². The van der Waals surface area contributed by atoms with Crippen LogP contribution >= 0.6 is 34.8 Å². The highest BCUT2D eigenvalue weighted by atomic mass is 127. The third kappa shape index (κ3) is 2.40. The van der Waals surface area contributed by atoms with E-state index in [1.165, 1.54) is 6.07 Å². The van der Waals surface area contributed by atoms with Crippen LogP contribution < -0.4 is 0 Å². The molecule has 0 amide bonds. The molecule has 2 nitrogen and oxygen atoms in total. The molecule has 0 aliphatic rings. The van der Waals surface area contributed by atoms with E-state index >= 15 is 0 Å². The smallest absolute Gasteiger partial charge is 0.178 e. The van der Waals surface area contributed by atoms with Crippen LogP contribution in [0.4, 0.5) is 4.39 Å². The molecule has 1 heterocycles. The molecule has 0 fully saturated rings. The van der Waals surface area contributed by atoms with E-state index in [1.807, 2.05) is 29.7 Å². The maximum Gasteiger partial charge on any atom is 0.178 e. The molecule has 1 aromatic heterocycles. The first-order valence-electron chi connectivity index (χ1n) is 6.21. The lowest BCUT2D eigenvalue weighted by Crippen LogP contribution is -2.07. The van der Waals surface area contributed by atoms with Gasteiger partial charge in [-0.3, -0.25) is 0 Å². The number of hydrogen-bond acceptors (Lipinski definition) is 1. The molecule has 0 saturated heterocycles. The molecule has 102 valence electrons. The molecule has 1 N–H and O–H groups in total. The van der Waals surface area contributed by atoms with E-state index in [2.05, 4.69) is 33.6 Å². The number of H-pyrrole nitrogens is 1. The molecule has 3 aromatic rings. The van der Waals surface area contributed by atoms with Crippen LogP contribution in [0.2, 0.25) is 0 Å². The lowest BCUT2D eigenvalue weighted by atomic mass is 10.1. The highest BCUT2D eigenvalue weighted by Crippen LogP contribution is 2.25. The van der Waals surface area contributed by atoms with Crippen LogP contribution in [0.15, 0.2) is 42.5 Å². The molecule has 0 bridgehead atoms. The monoisotopic (exact) mass is 398 g/mol. The van der Waals surface area contributed by atoms with Crippen molar-refractivity contribution in [3.05, 3.63) is 62.2 Å². The third-order valence-corrected chi connectivity index (χ3v) is 4.37. The zero-order valence-corrected chi connectivity index (χ0v) is 13.7. The molecule has 0 saturated carbocycles. The van der Waals surface area contributed by atoms with Crippen molar-refractivity contribution in [3.63, 3.8) is 0 Å². The van der Waals surface area contributed by atoms with Crippen LogP contribution in [0, 0.1) is 14.2 Å². The molecule has 0 radical (unpaired) electrons. The number of hydrogen-bond donors (Lipinski definition) is 1. The van der Waals surface area contributed by atoms with Crippen LogP contribution in [-0.2, 0) is 0 Å². The fourth-order valence-corrected chi connectivity index (χ4v) is 3.26. The fraction of sp³-hybridized carbons (Fsp3) is 0.133. The molecule has 3 rings (SSSR count). The Morgan fingerprint density at radius 1 is 1.25 bits per heavy atom. The molecule has 20 heavy (non-hydrogen) atoms. The Kier molecular flexibility index (Phi) is 3.64. The molecular weight excluding hydrogens is 386 g/mol. The number of nitrogens with one attached hydrogen (secondary N) is 1. The number of nitrogens with zero attached hydrogens (tertiary/aromatic N) is 1. The molecule has 2 aromatic carbocycles. The summed E-state index contributed by atoms with van der Waals surface area (Å²) in [6.45, 7) is 2.02. The Morgan fingerprint density at radius 2 is 2.05 bits per heavy atom. The van der Waals surface area contributed by atoms with E-state index in [9.17, 15) is 4.39 Å². The van der Waals surface area contributed by atoms with Gasteiger partial charge in [0.05, 0.1) is 17.1 Å². The second-order valence-corrected chi connectivity index (χ2v) is 6.32. The normalized spacial score (nSPS) is 12.8. The van der Waals surface area contributed by atoms with Gasteiger partial charge in [0.2, 0.25) is 0 Å². The number of imidazole rings is 1. The molecule has 1 unspecified atom stereocenters. The number of halogens is 2. The zero-order chi connectivity index (χ0) is 14.3. The summed E-state index contributed by atoms with van der Waals surface area (Å²) in [5, 5.41) is 0. The summed E-state index contributed by atoms with van der Waals surface area (Å²) in [4.78, 5) is 3.21. The SMILES string of the molecule is CC(c1cccc(F)c1)n1c(=S)[nH]c2cc(I)ccc21. The van der Waals surface area contributed by atoms with Crippen molar-refractivity contribution >= 4 is 45.8 Å². The lowest BCUT2D eigenvalue weighted by Gasteiger charge is -2.15. The zero-order valence-electron chi connectivity index (χ0n) is 10.7. The maximum atomic E-state index is 13.4. The summed E-state index contributed by atoms with van der Waals surface area (Å²) >= 11 is 7.69. The van der Waals surface area contributed by atoms with Gasteiger partial charge in [-0.05, 0) is 77.6 Å². The molecular formula is C15H12FIN2S. The van der Waals surface area contributed by atoms with Gasteiger partial charge in [0.15, 0.2) is 4.77 Å². The first kappa shape index (κ1) is 13.8. The Hall–Kier alpha value is -1.21. The number of aromatic amines is 1. The van der Waals surface area contributed by atoms with Crippen LogP contribution in [0.25, 0.3) is 11.0 Å². The Balaban J connectivity index is 2.19. The minimum atomic E-state index is -0.227. The predicted molar refractivity (Wildman–Crippen MR) is 90.1 cm³/mol. The maximum absolute atomic E-state index is 13.4. The topological polar surface area (TPSA) is 20.7 Å².